The third kappa shape index (κ3) is 2.44. The molecule has 1 saturated carbocycles. The minimum absolute atomic E-state index is 0.307. The van der Waals surface area contributed by atoms with E-state index >= 15 is 0 Å². The van der Waals surface area contributed by atoms with Crippen molar-refractivity contribution in [3.8, 4) is 0 Å². The lowest BCUT2D eigenvalue weighted by molar-refractivity contribution is 0.249. The summed E-state index contributed by atoms with van der Waals surface area (Å²) in [5, 5.41) is 0. The Morgan fingerprint density at radius 1 is 1.21 bits per heavy atom. The molecule has 1 aliphatic carbocycles. The van der Waals surface area contributed by atoms with Crippen molar-refractivity contribution in [2.45, 2.75) is 43.4 Å². The predicted octanol–water partition coefficient (Wildman–Crippen LogP) is 2.88. The Bertz CT molecular complexity index is 414. The molecule has 104 valence electrons. The molecular formula is C17H26N2. The first-order valence-corrected chi connectivity index (χ1v) is 7.73. The molecule has 2 N–H and O–H groups in total. The summed E-state index contributed by atoms with van der Waals surface area (Å²) in [6.45, 7) is 3.27. The van der Waals surface area contributed by atoms with E-state index in [-0.39, 0.29) is 0 Å². The van der Waals surface area contributed by atoms with E-state index in [1.165, 1.54) is 56.3 Å². The van der Waals surface area contributed by atoms with Gasteiger partial charge in [-0.2, -0.15) is 0 Å². The van der Waals surface area contributed by atoms with Crippen molar-refractivity contribution in [2.75, 3.05) is 26.7 Å². The van der Waals surface area contributed by atoms with Gasteiger partial charge in [0, 0.05) is 18.5 Å². The van der Waals surface area contributed by atoms with E-state index < -0.39 is 0 Å². The fourth-order valence-electron chi connectivity index (χ4n) is 3.76. The first kappa shape index (κ1) is 13.1. The molecule has 2 aliphatic rings. The molecular weight excluding hydrogens is 232 g/mol. The Balaban J connectivity index is 1.75. The maximum Gasteiger partial charge on any atom is 0.00755 e. The molecule has 1 atom stereocenters. The number of hydrogen-bond acceptors (Lipinski definition) is 2. The number of rotatable bonds is 3. The first-order chi connectivity index (χ1) is 9.23. The van der Waals surface area contributed by atoms with Crippen LogP contribution in [0.15, 0.2) is 24.3 Å². The Morgan fingerprint density at radius 2 is 1.95 bits per heavy atom. The molecule has 2 heteroatoms. The summed E-state index contributed by atoms with van der Waals surface area (Å²) in [4.78, 5) is 2.45. The Kier molecular flexibility index (Phi) is 3.64. The third-order valence-corrected chi connectivity index (χ3v) is 5.32. The molecule has 3 rings (SSSR count). The van der Waals surface area contributed by atoms with Crippen molar-refractivity contribution in [1.82, 2.24) is 4.90 Å². The zero-order chi connectivity index (χ0) is 13.3. The Hall–Kier alpha value is -0.860. The van der Waals surface area contributed by atoms with Gasteiger partial charge in [-0.25, -0.2) is 0 Å². The minimum atomic E-state index is 0.307. The van der Waals surface area contributed by atoms with Crippen LogP contribution in [0.3, 0.4) is 0 Å². The molecule has 0 spiro atoms. The topological polar surface area (TPSA) is 29.3 Å². The van der Waals surface area contributed by atoms with Crippen molar-refractivity contribution in [2.24, 2.45) is 5.73 Å². The van der Waals surface area contributed by atoms with Gasteiger partial charge in [-0.15, -0.1) is 0 Å². The second kappa shape index (κ2) is 5.26. The molecule has 2 fully saturated rings. The molecule has 0 aromatic heterocycles. The number of likely N-dealkylation sites (tertiary alicyclic amines) is 1. The van der Waals surface area contributed by atoms with Gasteiger partial charge < -0.3 is 10.6 Å². The first-order valence-electron chi connectivity index (χ1n) is 7.73. The molecule has 0 bridgehead atoms. The van der Waals surface area contributed by atoms with Crippen LogP contribution < -0.4 is 5.73 Å². The molecule has 0 amide bonds. The quantitative estimate of drug-likeness (QED) is 0.903. The zero-order valence-electron chi connectivity index (χ0n) is 12.1. The van der Waals surface area contributed by atoms with Crippen LogP contribution in [0.4, 0.5) is 0 Å². The lowest BCUT2D eigenvalue weighted by Gasteiger charge is -2.41. The van der Waals surface area contributed by atoms with E-state index in [4.69, 9.17) is 5.73 Å². The maximum atomic E-state index is 5.99. The highest BCUT2D eigenvalue weighted by molar-refractivity contribution is 5.33. The Labute approximate surface area is 117 Å². The van der Waals surface area contributed by atoms with Crippen LogP contribution in [-0.4, -0.2) is 31.6 Å². The summed E-state index contributed by atoms with van der Waals surface area (Å²) < 4.78 is 0. The van der Waals surface area contributed by atoms with Crippen molar-refractivity contribution >= 4 is 0 Å². The molecule has 0 radical (unpaired) electrons. The predicted molar refractivity (Wildman–Crippen MR) is 80.5 cm³/mol. The van der Waals surface area contributed by atoms with Crippen molar-refractivity contribution in [3.05, 3.63) is 35.4 Å². The lowest BCUT2D eigenvalue weighted by atomic mass is 9.64. The van der Waals surface area contributed by atoms with Gasteiger partial charge in [0.2, 0.25) is 0 Å². The number of piperidine rings is 1. The second-order valence-corrected chi connectivity index (χ2v) is 6.56. The number of nitrogens with zero attached hydrogens (tertiary/aromatic N) is 1. The standard InChI is InChI=1S/C17H26N2/c1-19-11-2-4-15(12-19)14-5-7-16(8-6-14)17(13-18)9-3-10-17/h5-8,15H,2-4,9-13,18H2,1H3. The molecule has 19 heavy (non-hydrogen) atoms. The average Bonchev–Trinajstić information content (AvgIpc) is 2.39. The van der Waals surface area contributed by atoms with Gasteiger partial charge in [-0.05, 0) is 56.3 Å². The third-order valence-electron chi connectivity index (χ3n) is 5.32. The van der Waals surface area contributed by atoms with Crippen molar-refractivity contribution < 1.29 is 0 Å². The van der Waals surface area contributed by atoms with Crippen molar-refractivity contribution in [1.29, 1.82) is 0 Å². The zero-order valence-corrected chi connectivity index (χ0v) is 12.1. The summed E-state index contributed by atoms with van der Waals surface area (Å²) >= 11 is 0. The molecule has 1 aromatic rings. The second-order valence-electron chi connectivity index (χ2n) is 6.56. The van der Waals surface area contributed by atoms with Gasteiger partial charge >= 0.3 is 0 Å². The highest BCUT2D eigenvalue weighted by Gasteiger charge is 2.37. The lowest BCUT2D eigenvalue weighted by Crippen LogP contribution is -2.41. The van der Waals surface area contributed by atoms with Crippen LogP contribution in [-0.2, 0) is 5.41 Å². The van der Waals surface area contributed by atoms with Crippen molar-refractivity contribution in [3.63, 3.8) is 0 Å². The average molecular weight is 258 g/mol. The largest absolute Gasteiger partial charge is 0.330 e. The number of nitrogens with two attached hydrogens (primary N) is 1. The van der Waals surface area contributed by atoms with Gasteiger partial charge in [0.1, 0.15) is 0 Å². The molecule has 1 heterocycles. The van der Waals surface area contributed by atoms with Gasteiger partial charge in [0.25, 0.3) is 0 Å². The minimum Gasteiger partial charge on any atom is -0.330 e. The van der Waals surface area contributed by atoms with Crippen LogP contribution >= 0.6 is 0 Å². The number of likely N-dealkylation sites (N-methyl/N-ethyl adjacent to an activating group) is 1. The number of hydrogen-bond donors (Lipinski definition) is 1. The summed E-state index contributed by atoms with van der Waals surface area (Å²) in [7, 11) is 2.23. The monoisotopic (exact) mass is 258 g/mol. The summed E-state index contributed by atoms with van der Waals surface area (Å²) in [6.07, 6.45) is 6.55. The molecule has 1 aromatic carbocycles. The van der Waals surface area contributed by atoms with Gasteiger partial charge in [0.05, 0.1) is 0 Å². The normalized spacial score (nSPS) is 26.9. The summed E-state index contributed by atoms with van der Waals surface area (Å²) in [5.41, 5.74) is 9.28. The maximum absolute atomic E-state index is 5.99. The van der Waals surface area contributed by atoms with Crippen LogP contribution in [0, 0.1) is 0 Å². The van der Waals surface area contributed by atoms with Gasteiger partial charge in [-0.1, -0.05) is 30.7 Å². The number of benzene rings is 1. The highest BCUT2D eigenvalue weighted by atomic mass is 15.1. The summed E-state index contributed by atoms with van der Waals surface area (Å²) in [5.74, 6) is 0.725. The van der Waals surface area contributed by atoms with Crippen LogP contribution in [0.5, 0.6) is 0 Å². The van der Waals surface area contributed by atoms with Gasteiger partial charge in [0.15, 0.2) is 0 Å². The summed E-state index contributed by atoms with van der Waals surface area (Å²) in [6, 6.07) is 9.40. The highest BCUT2D eigenvalue weighted by Crippen LogP contribution is 2.43. The smallest absolute Gasteiger partial charge is 0.00755 e. The van der Waals surface area contributed by atoms with E-state index in [1.807, 2.05) is 0 Å². The van der Waals surface area contributed by atoms with Crippen LogP contribution in [0.2, 0.25) is 0 Å². The molecule has 2 nitrogen and oxygen atoms in total. The molecule has 1 saturated heterocycles. The van der Waals surface area contributed by atoms with Crippen LogP contribution in [0.1, 0.15) is 49.1 Å². The molecule has 1 aliphatic heterocycles. The fourth-order valence-corrected chi connectivity index (χ4v) is 3.76. The van der Waals surface area contributed by atoms with Crippen LogP contribution in [0.25, 0.3) is 0 Å². The Morgan fingerprint density at radius 3 is 2.47 bits per heavy atom. The van der Waals surface area contributed by atoms with Gasteiger partial charge in [-0.3, -0.25) is 0 Å². The SMILES string of the molecule is CN1CCCC(c2ccc(C3(CN)CCC3)cc2)C1. The van der Waals surface area contributed by atoms with E-state index in [9.17, 15) is 0 Å². The van der Waals surface area contributed by atoms with E-state index in [0.29, 0.717) is 5.41 Å². The van der Waals surface area contributed by atoms with E-state index in [2.05, 4.69) is 36.2 Å². The molecule has 1 unspecified atom stereocenters. The fraction of sp³-hybridized carbons (Fsp3) is 0.647. The van der Waals surface area contributed by atoms with E-state index in [1.54, 1.807) is 0 Å². The van der Waals surface area contributed by atoms with E-state index in [0.717, 1.165) is 12.5 Å².